The molecule has 0 aliphatic carbocycles. The van der Waals surface area contributed by atoms with Gasteiger partial charge in [0.05, 0.1) is 0 Å². The lowest BCUT2D eigenvalue weighted by Crippen LogP contribution is -2.49. The molecule has 0 spiro atoms. The van der Waals surface area contributed by atoms with E-state index in [9.17, 15) is 8.78 Å². The number of piperidine rings is 1. The molecular formula is C21H26F2N4. The van der Waals surface area contributed by atoms with Crippen molar-refractivity contribution in [3.8, 4) is 0 Å². The van der Waals surface area contributed by atoms with Gasteiger partial charge in [0.2, 0.25) is 0 Å². The fourth-order valence-electron chi connectivity index (χ4n) is 3.36. The van der Waals surface area contributed by atoms with Crippen molar-refractivity contribution in [3.05, 3.63) is 65.7 Å². The Morgan fingerprint density at radius 1 is 1.11 bits per heavy atom. The van der Waals surface area contributed by atoms with E-state index in [1.807, 2.05) is 6.07 Å². The zero-order valence-corrected chi connectivity index (χ0v) is 15.6. The third-order valence-electron chi connectivity index (χ3n) is 4.88. The Morgan fingerprint density at radius 2 is 1.85 bits per heavy atom. The minimum atomic E-state index is -0.418. The van der Waals surface area contributed by atoms with Crippen LogP contribution in [0.3, 0.4) is 0 Å². The molecule has 0 amide bonds. The fourth-order valence-corrected chi connectivity index (χ4v) is 3.36. The van der Waals surface area contributed by atoms with Gasteiger partial charge in [0.1, 0.15) is 11.6 Å². The van der Waals surface area contributed by atoms with Gasteiger partial charge < -0.3 is 15.5 Å². The molecule has 0 atom stereocenters. The first-order chi connectivity index (χ1) is 13.2. The molecule has 1 aliphatic rings. The number of aliphatic imine (C=N–C) groups is 1. The third kappa shape index (κ3) is 5.42. The van der Waals surface area contributed by atoms with Crippen LogP contribution in [0.1, 0.15) is 18.4 Å². The normalized spacial score (nSPS) is 15.7. The molecule has 144 valence electrons. The highest BCUT2D eigenvalue weighted by Crippen LogP contribution is 2.19. The van der Waals surface area contributed by atoms with E-state index in [4.69, 9.17) is 0 Å². The number of nitrogens with zero attached hydrogens (tertiary/aromatic N) is 2. The van der Waals surface area contributed by atoms with Gasteiger partial charge in [-0.2, -0.15) is 0 Å². The summed E-state index contributed by atoms with van der Waals surface area (Å²) in [6.45, 7) is 2.48. The summed E-state index contributed by atoms with van der Waals surface area (Å²) in [6.07, 6.45) is 2.44. The predicted octanol–water partition coefficient (Wildman–Crippen LogP) is 3.34. The third-order valence-corrected chi connectivity index (χ3v) is 4.88. The number of nitrogens with one attached hydrogen (secondary N) is 2. The van der Waals surface area contributed by atoms with Gasteiger partial charge in [0.15, 0.2) is 5.96 Å². The highest BCUT2D eigenvalue weighted by atomic mass is 19.1. The van der Waals surface area contributed by atoms with E-state index in [1.165, 1.54) is 11.8 Å². The minimum absolute atomic E-state index is 0.349. The number of guanidine groups is 1. The van der Waals surface area contributed by atoms with Crippen LogP contribution in [-0.2, 0) is 6.42 Å². The van der Waals surface area contributed by atoms with E-state index in [1.54, 1.807) is 7.05 Å². The zero-order valence-electron chi connectivity index (χ0n) is 15.6. The number of rotatable bonds is 5. The number of hydrogen-bond acceptors (Lipinski definition) is 2. The monoisotopic (exact) mass is 372 g/mol. The van der Waals surface area contributed by atoms with Crippen LogP contribution in [0.5, 0.6) is 0 Å². The number of benzene rings is 2. The van der Waals surface area contributed by atoms with Crippen molar-refractivity contribution < 1.29 is 8.78 Å². The molecule has 6 heteroatoms. The lowest BCUT2D eigenvalue weighted by Gasteiger charge is -2.34. The first-order valence-corrected chi connectivity index (χ1v) is 9.37. The molecule has 2 aromatic carbocycles. The van der Waals surface area contributed by atoms with Crippen LogP contribution in [0, 0.1) is 11.6 Å². The summed E-state index contributed by atoms with van der Waals surface area (Å²) in [5.74, 6) is -0.0986. The van der Waals surface area contributed by atoms with E-state index < -0.39 is 5.82 Å². The Morgan fingerprint density at radius 3 is 2.56 bits per heavy atom. The zero-order chi connectivity index (χ0) is 19.1. The van der Waals surface area contributed by atoms with Gasteiger partial charge in [0.25, 0.3) is 0 Å². The minimum Gasteiger partial charge on any atom is -0.371 e. The molecule has 0 unspecified atom stereocenters. The largest absolute Gasteiger partial charge is 0.371 e. The molecular weight excluding hydrogens is 346 g/mol. The van der Waals surface area contributed by atoms with Gasteiger partial charge >= 0.3 is 0 Å². The molecule has 27 heavy (non-hydrogen) atoms. The molecule has 0 bridgehead atoms. The van der Waals surface area contributed by atoms with Gasteiger partial charge in [-0.15, -0.1) is 0 Å². The summed E-state index contributed by atoms with van der Waals surface area (Å²) in [7, 11) is 1.72. The summed E-state index contributed by atoms with van der Waals surface area (Å²) in [6, 6.07) is 14.3. The summed E-state index contributed by atoms with van der Waals surface area (Å²) in [5.41, 5.74) is 1.63. The average Bonchev–Trinajstić information content (AvgIpc) is 2.71. The standard InChI is InChI=1S/C21H26F2N4/c1-24-21(25-12-9-16-15-17(22)7-8-20(16)23)26-18-10-13-27(14-11-18)19-5-3-2-4-6-19/h2-8,15,18H,9-14H2,1H3,(H2,24,25,26). The number of anilines is 1. The quantitative estimate of drug-likeness (QED) is 0.625. The first kappa shape index (κ1) is 19.1. The molecule has 1 fully saturated rings. The molecule has 2 N–H and O–H groups in total. The Balaban J connectivity index is 1.44. The Hall–Kier alpha value is -2.63. The van der Waals surface area contributed by atoms with Crippen molar-refractivity contribution in [3.63, 3.8) is 0 Å². The second-order valence-corrected chi connectivity index (χ2v) is 6.73. The van der Waals surface area contributed by atoms with Crippen molar-refractivity contribution in [2.24, 2.45) is 4.99 Å². The topological polar surface area (TPSA) is 39.7 Å². The summed E-state index contributed by atoms with van der Waals surface area (Å²) in [4.78, 5) is 6.63. The second kappa shape index (κ2) is 9.35. The van der Waals surface area contributed by atoms with Crippen molar-refractivity contribution in [2.75, 3.05) is 31.6 Å². The van der Waals surface area contributed by atoms with Gasteiger partial charge in [-0.1, -0.05) is 18.2 Å². The highest BCUT2D eigenvalue weighted by molar-refractivity contribution is 5.80. The van der Waals surface area contributed by atoms with Crippen LogP contribution in [0.2, 0.25) is 0 Å². The molecule has 4 nitrogen and oxygen atoms in total. The summed E-state index contributed by atoms with van der Waals surface area (Å²) >= 11 is 0. The van der Waals surface area contributed by atoms with E-state index in [-0.39, 0.29) is 5.82 Å². The van der Waals surface area contributed by atoms with Crippen LogP contribution in [-0.4, -0.2) is 38.7 Å². The summed E-state index contributed by atoms with van der Waals surface area (Å²) in [5, 5.41) is 6.63. The van der Waals surface area contributed by atoms with Gasteiger partial charge in [-0.05, 0) is 55.2 Å². The lowest BCUT2D eigenvalue weighted by atomic mass is 10.0. The Bertz CT molecular complexity index is 756. The molecule has 3 rings (SSSR count). The van der Waals surface area contributed by atoms with E-state index >= 15 is 0 Å². The molecule has 1 saturated heterocycles. The maximum Gasteiger partial charge on any atom is 0.191 e. The Labute approximate surface area is 159 Å². The smallest absolute Gasteiger partial charge is 0.191 e. The van der Waals surface area contributed by atoms with E-state index in [0.717, 1.165) is 38.1 Å². The molecule has 1 aliphatic heterocycles. The number of halogens is 2. The Kier molecular flexibility index (Phi) is 6.63. The molecule has 0 saturated carbocycles. The van der Waals surface area contributed by atoms with E-state index in [0.29, 0.717) is 30.5 Å². The van der Waals surface area contributed by atoms with E-state index in [2.05, 4.69) is 44.8 Å². The van der Waals surface area contributed by atoms with Crippen LogP contribution >= 0.6 is 0 Å². The maximum absolute atomic E-state index is 13.7. The second-order valence-electron chi connectivity index (χ2n) is 6.73. The molecule has 0 aromatic heterocycles. The average molecular weight is 372 g/mol. The highest BCUT2D eigenvalue weighted by Gasteiger charge is 2.20. The van der Waals surface area contributed by atoms with Crippen LogP contribution < -0.4 is 15.5 Å². The molecule has 2 aromatic rings. The maximum atomic E-state index is 13.7. The number of hydrogen-bond donors (Lipinski definition) is 2. The van der Waals surface area contributed by atoms with Crippen LogP contribution in [0.25, 0.3) is 0 Å². The van der Waals surface area contributed by atoms with Crippen LogP contribution in [0.15, 0.2) is 53.5 Å². The molecule has 1 heterocycles. The lowest BCUT2D eigenvalue weighted by molar-refractivity contribution is 0.461. The van der Waals surface area contributed by atoms with Crippen LogP contribution in [0.4, 0.5) is 14.5 Å². The first-order valence-electron chi connectivity index (χ1n) is 9.37. The summed E-state index contributed by atoms with van der Waals surface area (Å²) < 4.78 is 26.9. The predicted molar refractivity (Wildman–Crippen MR) is 106 cm³/mol. The SMILES string of the molecule is CN=C(NCCc1cc(F)ccc1F)NC1CCN(c2ccccc2)CC1. The van der Waals surface area contributed by atoms with Crippen molar-refractivity contribution >= 4 is 11.6 Å². The van der Waals surface area contributed by atoms with Gasteiger partial charge in [-0.25, -0.2) is 8.78 Å². The van der Waals surface area contributed by atoms with Gasteiger partial charge in [0, 0.05) is 38.4 Å². The van der Waals surface area contributed by atoms with Gasteiger partial charge in [-0.3, -0.25) is 4.99 Å². The van der Waals surface area contributed by atoms with Crippen molar-refractivity contribution in [1.82, 2.24) is 10.6 Å². The fraction of sp³-hybridized carbons (Fsp3) is 0.381. The molecule has 0 radical (unpaired) electrons. The number of para-hydroxylation sites is 1. The van der Waals surface area contributed by atoms with Crippen molar-refractivity contribution in [2.45, 2.75) is 25.3 Å². The van der Waals surface area contributed by atoms with Crippen molar-refractivity contribution in [1.29, 1.82) is 0 Å².